The summed E-state index contributed by atoms with van der Waals surface area (Å²) in [5, 5.41) is 0.768. The van der Waals surface area contributed by atoms with Crippen LogP contribution in [0.4, 0.5) is 0 Å². The Kier molecular flexibility index (Phi) is 3.40. The molecule has 1 atom stereocenters. The molecule has 1 saturated heterocycles. The fourth-order valence-electron chi connectivity index (χ4n) is 2.97. The van der Waals surface area contributed by atoms with Crippen molar-refractivity contribution >= 4 is 23.4 Å². The molecule has 0 aromatic carbocycles. The van der Waals surface area contributed by atoms with Gasteiger partial charge in [0, 0.05) is 12.5 Å². The van der Waals surface area contributed by atoms with Crippen molar-refractivity contribution in [3.05, 3.63) is 16.7 Å². The van der Waals surface area contributed by atoms with E-state index >= 15 is 0 Å². The summed E-state index contributed by atoms with van der Waals surface area (Å²) < 4.78 is 2.42. The van der Waals surface area contributed by atoms with E-state index in [0.29, 0.717) is 5.92 Å². The first-order valence-electron chi connectivity index (χ1n) is 6.58. The molecule has 0 N–H and O–H groups in total. The van der Waals surface area contributed by atoms with Gasteiger partial charge in [-0.25, -0.2) is 4.98 Å². The SMILES string of the molecule is CC1CCn2c(C3CCSCC3)nc(Cl)c2C1. The summed E-state index contributed by atoms with van der Waals surface area (Å²) in [7, 11) is 0. The summed E-state index contributed by atoms with van der Waals surface area (Å²) in [4.78, 5) is 4.67. The van der Waals surface area contributed by atoms with Gasteiger partial charge < -0.3 is 4.57 Å². The molecule has 2 aliphatic heterocycles. The zero-order valence-corrected chi connectivity index (χ0v) is 11.9. The predicted molar refractivity (Wildman–Crippen MR) is 74.0 cm³/mol. The van der Waals surface area contributed by atoms with Crippen molar-refractivity contribution in [1.29, 1.82) is 0 Å². The molecule has 3 heterocycles. The summed E-state index contributed by atoms with van der Waals surface area (Å²) in [6.45, 7) is 3.43. The molecule has 0 aliphatic carbocycles. The highest BCUT2D eigenvalue weighted by Gasteiger charge is 2.27. The molecule has 0 amide bonds. The quantitative estimate of drug-likeness (QED) is 0.774. The molecule has 3 rings (SSSR count). The lowest BCUT2D eigenvalue weighted by Gasteiger charge is -2.26. The van der Waals surface area contributed by atoms with Crippen LogP contribution in [-0.4, -0.2) is 21.1 Å². The van der Waals surface area contributed by atoms with Gasteiger partial charge in [0.25, 0.3) is 0 Å². The van der Waals surface area contributed by atoms with Crippen LogP contribution in [0.2, 0.25) is 5.15 Å². The van der Waals surface area contributed by atoms with E-state index in [4.69, 9.17) is 11.6 Å². The molecule has 1 fully saturated rings. The normalized spacial score (nSPS) is 25.9. The third kappa shape index (κ3) is 2.24. The van der Waals surface area contributed by atoms with Gasteiger partial charge in [0.15, 0.2) is 5.15 Å². The van der Waals surface area contributed by atoms with Crippen LogP contribution in [-0.2, 0) is 13.0 Å². The average molecular weight is 271 g/mol. The zero-order valence-electron chi connectivity index (χ0n) is 10.3. The molecule has 1 aromatic rings. The molecule has 0 saturated carbocycles. The third-order valence-electron chi connectivity index (χ3n) is 4.03. The van der Waals surface area contributed by atoms with E-state index in [-0.39, 0.29) is 0 Å². The lowest BCUT2D eigenvalue weighted by atomic mass is 9.97. The Labute approximate surface area is 112 Å². The van der Waals surface area contributed by atoms with Crippen LogP contribution in [0.5, 0.6) is 0 Å². The number of hydrogen-bond acceptors (Lipinski definition) is 2. The number of nitrogens with zero attached hydrogens (tertiary/aromatic N) is 2. The maximum absolute atomic E-state index is 6.31. The predicted octanol–water partition coefficient (Wildman–Crippen LogP) is 3.73. The molecule has 0 spiro atoms. The lowest BCUT2D eigenvalue weighted by Crippen LogP contribution is -2.21. The number of aromatic nitrogens is 2. The Bertz CT molecular complexity index is 410. The standard InChI is InChI=1S/C13H19ClN2S/c1-9-2-5-16-11(8-9)12(14)15-13(16)10-3-6-17-7-4-10/h9-10H,2-8H2,1H3. The highest BCUT2D eigenvalue weighted by Crippen LogP contribution is 2.35. The summed E-state index contributed by atoms with van der Waals surface area (Å²) >= 11 is 8.38. The van der Waals surface area contributed by atoms with Crippen LogP contribution in [0.25, 0.3) is 0 Å². The fourth-order valence-corrected chi connectivity index (χ4v) is 4.34. The molecule has 2 nitrogen and oxygen atoms in total. The topological polar surface area (TPSA) is 17.8 Å². The van der Waals surface area contributed by atoms with Crippen molar-refractivity contribution in [2.45, 2.75) is 45.1 Å². The summed E-state index contributed by atoms with van der Waals surface area (Å²) in [6.07, 6.45) is 4.92. The number of halogens is 1. The summed E-state index contributed by atoms with van der Waals surface area (Å²) in [5.41, 5.74) is 1.29. The second-order valence-corrected chi connectivity index (χ2v) is 6.93. The smallest absolute Gasteiger partial charge is 0.150 e. The molecular formula is C13H19ClN2S. The maximum atomic E-state index is 6.31. The van der Waals surface area contributed by atoms with E-state index in [9.17, 15) is 0 Å². The number of thioether (sulfide) groups is 1. The van der Waals surface area contributed by atoms with Gasteiger partial charge in [-0.2, -0.15) is 11.8 Å². The van der Waals surface area contributed by atoms with E-state index in [1.165, 1.54) is 42.3 Å². The van der Waals surface area contributed by atoms with Crippen molar-refractivity contribution in [3.63, 3.8) is 0 Å². The van der Waals surface area contributed by atoms with Crippen molar-refractivity contribution in [3.8, 4) is 0 Å². The van der Waals surface area contributed by atoms with Crippen LogP contribution in [0.3, 0.4) is 0 Å². The first-order chi connectivity index (χ1) is 8.25. The first-order valence-corrected chi connectivity index (χ1v) is 8.11. The lowest BCUT2D eigenvalue weighted by molar-refractivity contribution is 0.398. The van der Waals surface area contributed by atoms with Gasteiger partial charge in [-0.1, -0.05) is 18.5 Å². The second kappa shape index (κ2) is 4.85. The van der Waals surface area contributed by atoms with E-state index in [0.717, 1.165) is 24.0 Å². The van der Waals surface area contributed by atoms with Crippen molar-refractivity contribution in [1.82, 2.24) is 9.55 Å². The highest BCUT2D eigenvalue weighted by atomic mass is 35.5. The number of rotatable bonds is 1. The molecular weight excluding hydrogens is 252 g/mol. The molecule has 1 unspecified atom stereocenters. The van der Waals surface area contributed by atoms with Gasteiger partial charge in [0.2, 0.25) is 0 Å². The van der Waals surface area contributed by atoms with Gasteiger partial charge in [0.1, 0.15) is 5.82 Å². The minimum atomic E-state index is 0.649. The van der Waals surface area contributed by atoms with Crippen molar-refractivity contribution in [2.24, 2.45) is 5.92 Å². The monoisotopic (exact) mass is 270 g/mol. The fraction of sp³-hybridized carbons (Fsp3) is 0.769. The maximum Gasteiger partial charge on any atom is 0.150 e. The summed E-state index contributed by atoms with van der Waals surface area (Å²) in [5.74, 6) is 5.24. The van der Waals surface area contributed by atoms with Crippen LogP contribution >= 0.6 is 23.4 Å². The molecule has 4 heteroatoms. The van der Waals surface area contributed by atoms with Gasteiger partial charge in [0.05, 0.1) is 5.69 Å². The molecule has 0 radical (unpaired) electrons. The molecule has 94 valence electrons. The molecule has 0 bridgehead atoms. The van der Waals surface area contributed by atoms with E-state index in [1.54, 1.807) is 0 Å². The Morgan fingerprint density at radius 3 is 2.82 bits per heavy atom. The number of imidazole rings is 1. The highest BCUT2D eigenvalue weighted by molar-refractivity contribution is 7.99. The van der Waals surface area contributed by atoms with E-state index < -0.39 is 0 Å². The molecule has 1 aromatic heterocycles. The zero-order chi connectivity index (χ0) is 11.8. The van der Waals surface area contributed by atoms with Crippen LogP contribution < -0.4 is 0 Å². The Balaban J connectivity index is 1.92. The van der Waals surface area contributed by atoms with Gasteiger partial charge in [-0.05, 0) is 43.1 Å². The first kappa shape index (κ1) is 11.9. The molecule has 17 heavy (non-hydrogen) atoms. The van der Waals surface area contributed by atoms with E-state index in [2.05, 4.69) is 28.2 Å². The van der Waals surface area contributed by atoms with Crippen LogP contribution in [0, 0.1) is 5.92 Å². The Morgan fingerprint density at radius 2 is 2.06 bits per heavy atom. The van der Waals surface area contributed by atoms with E-state index in [1.807, 2.05) is 0 Å². The number of hydrogen-bond donors (Lipinski definition) is 0. The third-order valence-corrected chi connectivity index (χ3v) is 5.38. The van der Waals surface area contributed by atoms with Gasteiger partial charge >= 0.3 is 0 Å². The average Bonchev–Trinajstić information content (AvgIpc) is 2.68. The van der Waals surface area contributed by atoms with Crippen LogP contribution in [0.15, 0.2) is 0 Å². The minimum absolute atomic E-state index is 0.649. The second-order valence-electron chi connectivity index (χ2n) is 5.34. The van der Waals surface area contributed by atoms with Gasteiger partial charge in [-0.15, -0.1) is 0 Å². The largest absolute Gasteiger partial charge is 0.330 e. The van der Waals surface area contributed by atoms with Crippen molar-refractivity contribution < 1.29 is 0 Å². The molecule has 2 aliphatic rings. The summed E-state index contributed by atoms with van der Waals surface area (Å²) in [6, 6.07) is 0. The minimum Gasteiger partial charge on any atom is -0.330 e. The Hall–Kier alpha value is -0.150. The number of fused-ring (bicyclic) bond motifs is 1. The van der Waals surface area contributed by atoms with Crippen LogP contribution in [0.1, 0.15) is 43.6 Å². The Morgan fingerprint density at radius 1 is 1.29 bits per heavy atom. The van der Waals surface area contributed by atoms with Crippen molar-refractivity contribution in [2.75, 3.05) is 11.5 Å². The van der Waals surface area contributed by atoms with Gasteiger partial charge in [-0.3, -0.25) is 0 Å².